The lowest BCUT2D eigenvalue weighted by atomic mass is 9.74. The van der Waals surface area contributed by atoms with Crippen molar-refractivity contribution in [2.75, 3.05) is 6.54 Å². The average Bonchev–Trinajstić information content (AvgIpc) is 2.60. The molecule has 3 heteroatoms. The Morgan fingerprint density at radius 3 is 1.59 bits per heavy atom. The molecule has 0 heterocycles. The maximum absolute atomic E-state index is 12.6. The van der Waals surface area contributed by atoms with E-state index in [1.165, 1.54) is 0 Å². The highest BCUT2D eigenvalue weighted by atomic mass is 16.5. The summed E-state index contributed by atoms with van der Waals surface area (Å²) in [6.45, 7) is 12.6. The molecule has 0 spiro atoms. The maximum atomic E-state index is 12.6. The quantitative estimate of drug-likeness (QED) is 0.516. The fourth-order valence-corrected chi connectivity index (χ4v) is 3.51. The molecule has 0 bridgehead atoms. The van der Waals surface area contributed by atoms with E-state index in [1.807, 2.05) is 60.7 Å². The summed E-state index contributed by atoms with van der Waals surface area (Å²) in [5, 5.41) is 0. The standard InChI is InChI=1S/C24H31NO2/c1-23(2,3)22(24(4,5)6)27-20(26)17-25-21(18-13-9-7-10-14-18)19-15-11-8-12-16-19/h7-16,22H,17H2,1-6H3. The Bertz CT molecular complexity index is 710. The predicted molar refractivity (Wildman–Crippen MR) is 112 cm³/mol. The molecule has 2 rings (SSSR count). The van der Waals surface area contributed by atoms with Crippen LogP contribution in [-0.4, -0.2) is 24.3 Å². The monoisotopic (exact) mass is 365 g/mol. The summed E-state index contributed by atoms with van der Waals surface area (Å²) in [4.78, 5) is 17.2. The molecule has 0 saturated carbocycles. The van der Waals surface area contributed by atoms with Gasteiger partial charge in [-0.1, -0.05) is 102 Å². The van der Waals surface area contributed by atoms with Gasteiger partial charge in [-0.15, -0.1) is 0 Å². The number of nitrogens with zero attached hydrogens (tertiary/aromatic N) is 1. The van der Waals surface area contributed by atoms with Crippen molar-refractivity contribution in [2.45, 2.75) is 47.6 Å². The van der Waals surface area contributed by atoms with Crippen LogP contribution in [0.4, 0.5) is 0 Å². The Hall–Kier alpha value is -2.42. The van der Waals surface area contributed by atoms with Crippen molar-refractivity contribution in [2.24, 2.45) is 15.8 Å². The van der Waals surface area contributed by atoms with E-state index in [0.29, 0.717) is 0 Å². The van der Waals surface area contributed by atoms with Crippen LogP contribution in [0, 0.1) is 10.8 Å². The first-order chi connectivity index (χ1) is 12.6. The minimum Gasteiger partial charge on any atom is -0.460 e. The van der Waals surface area contributed by atoms with Gasteiger partial charge in [-0.2, -0.15) is 0 Å². The molecule has 2 aromatic rings. The van der Waals surface area contributed by atoms with E-state index in [2.05, 4.69) is 46.5 Å². The lowest BCUT2D eigenvalue weighted by Crippen LogP contribution is -2.42. The number of aliphatic imine (C=N–C) groups is 1. The van der Waals surface area contributed by atoms with Crippen LogP contribution in [0.3, 0.4) is 0 Å². The zero-order valence-electron chi connectivity index (χ0n) is 17.3. The lowest BCUT2D eigenvalue weighted by Gasteiger charge is -2.39. The van der Waals surface area contributed by atoms with Crippen molar-refractivity contribution < 1.29 is 9.53 Å². The smallest absolute Gasteiger partial charge is 0.328 e. The van der Waals surface area contributed by atoms with Crippen LogP contribution in [0.25, 0.3) is 0 Å². The molecule has 3 nitrogen and oxygen atoms in total. The Kier molecular flexibility index (Phi) is 6.59. The number of hydrogen-bond donors (Lipinski definition) is 0. The summed E-state index contributed by atoms with van der Waals surface area (Å²) in [7, 11) is 0. The Balaban J connectivity index is 2.24. The van der Waals surface area contributed by atoms with Crippen LogP contribution in [0.2, 0.25) is 0 Å². The van der Waals surface area contributed by atoms with Crippen molar-refractivity contribution in [3.63, 3.8) is 0 Å². The van der Waals surface area contributed by atoms with Crippen molar-refractivity contribution in [3.8, 4) is 0 Å². The second-order valence-electron chi connectivity index (χ2n) is 9.00. The van der Waals surface area contributed by atoms with E-state index in [0.717, 1.165) is 16.8 Å². The molecule has 0 radical (unpaired) electrons. The first kappa shape index (κ1) is 20.9. The molecule has 0 aliphatic heterocycles. The van der Waals surface area contributed by atoms with Gasteiger partial charge >= 0.3 is 5.97 Å². The van der Waals surface area contributed by atoms with Crippen LogP contribution in [-0.2, 0) is 9.53 Å². The minimum atomic E-state index is -0.297. The van der Waals surface area contributed by atoms with Crippen LogP contribution in [0.5, 0.6) is 0 Å². The Morgan fingerprint density at radius 1 is 0.815 bits per heavy atom. The molecule has 0 unspecified atom stereocenters. The summed E-state index contributed by atoms with van der Waals surface area (Å²) in [5.41, 5.74) is 2.49. The van der Waals surface area contributed by atoms with Gasteiger partial charge in [0.15, 0.2) is 0 Å². The van der Waals surface area contributed by atoms with Gasteiger partial charge in [0.1, 0.15) is 12.6 Å². The first-order valence-electron chi connectivity index (χ1n) is 9.44. The van der Waals surface area contributed by atoms with Gasteiger partial charge in [0, 0.05) is 11.1 Å². The van der Waals surface area contributed by atoms with Crippen LogP contribution in [0.1, 0.15) is 52.7 Å². The molecule has 0 aliphatic carbocycles. The molecule has 2 aromatic carbocycles. The molecular formula is C24H31NO2. The Labute approximate surface area is 163 Å². The van der Waals surface area contributed by atoms with E-state index in [-0.39, 0.29) is 29.4 Å². The first-order valence-corrected chi connectivity index (χ1v) is 9.44. The van der Waals surface area contributed by atoms with Gasteiger partial charge < -0.3 is 4.74 Å². The summed E-state index contributed by atoms with van der Waals surface area (Å²) in [5.74, 6) is -0.297. The fraction of sp³-hybridized carbons (Fsp3) is 0.417. The van der Waals surface area contributed by atoms with Crippen molar-refractivity contribution in [3.05, 3.63) is 71.8 Å². The topological polar surface area (TPSA) is 38.7 Å². The largest absolute Gasteiger partial charge is 0.460 e. The zero-order valence-corrected chi connectivity index (χ0v) is 17.3. The van der Waals surface area contributed by atoms with Crippen molar-refractivity contribution in [1.29, 1.82) is 0 Å². The van der Waals surface area contributed by atoms with Gasteiger partial charge in [-0.05, 0) is 10.8 Å². The fourth-order valence-electron chi connectivity index (χ4n) is 3.51. The number of carbonyl (C=O) groups is 1. The predicted octanol–water partition coefficient (Wildman–Crippen LogP) is 5.53. The molecule has 0 atom stereocenters. The SMILES string of the molecule is CC(C)(C)C(OC(=O)CN=C(c1ccccc1)c1ccccc1)C(C)(C)C. The number of rotatable bonds is 5. The number of hydrogen-bond acceptors (Lipinski definition) is 3. The number of ether oxygens (including phenoxy) is 1. The van der Waals surface area contributed by atoms with Gasteiger partial charge in [0.2, 0.25) is 0 Å². The minimum absolute atomic E-state index is 0.00177. The van der Waals surface area contributed by atoms with E-state index in [9.17, 15) is 4.79 Å². The van der Waals surface area contributed by atoms with Gasteiger partial charge in [0.05, 0.1) is 5.71 Å². The van der Waals surface area contributed by atoms with Crippen LogP contribution in [0.15, 0.2) is 65.7 Å². The maximum Gasteiger partial charge on any atom is 0.328 e. The molecule has 27 heavy (non-hydrogen) atoms. The van der Waals surface area contributed by atoms with E-state index in [1.54, 1.807) is 0 Å². The molecule has 0 aliphatic rings. The lowest BCUT2D eigenvalue weighted by molar-refractivity contribution is -0.161. The highest BCUT2D eigenvalue weighted by molar-refractivity contribution is 6.13. The van der Waals surface area contributed by atoms with Gasteiger partial charge in [-0.25, -0.2) is 0 Å². The number of carbonyl (C=O) groups excluding carboxylic acids is 1. The summed E-state index contributed by atoms with van der Waals surface area (Å²) in [6, 6.07) is 19.9. The molecule has 0 N–H and O–H groups in total. The second kappa shape index (κ2) is 8.51. The molecule has 144 valence electrons. The summed E-state index contributed by atoms with van der Waals surface area (Å²) in [6.07, 6.45) is -0.190. The summed E-state index contributed by atoms with van der Waals surface area (Å²) >= 11 is 0. The molecule has 0 saturated heterocycles. The number of esters is 1. The molecule has 0 fully saturated rings. The number of benzene rings is 2. The van der Waals surface area contributed by atoms with Crippen molar-refractivity contribution in [1.82, 2.24) is 0 Å². The third-order valence-electron chi connectivity index (χ3n) is 4.28. The Morgan fingerprint density at radius 2 is 1.22 bits per heavy atom. The zero-order chi connectivity index (χ0) is 20.1. The molecular weight excluding hydrogens is 334 g/mol. The average molecular weight is 366 g/mol. The molecule has 0 amide bonds. The van der Waals surface area contributed by atoms with Crippen LogP contribution >= 0.6 is 0 Å². The third kappa shape index (κ3) is 6.06. The summed E-state index contributed by atoms with van der Waals surface area (Å²) < 4.78 is 5.86. The van der Waals surface area contributed by atoms with E-state index in [4.69, 9.17) is 4.74 Å². The highest BCUT2D eigenvalue weighted by Gasteiger charge is 2.38. The van der Waals surface area contributed by atoms with E-state index >= 15 is 0 Å². The normalized spacial score (nSPS) is 12.0. The highest BCUT2D eigenvalue weighted by Crippen LogP contribution is 2.36. The van der Waals surface area contributed by atoms with Crippen molar-refractivity contribution >= 4 is 11.7 Å². The third-order valence-corrected chi connectivity index (χ3v) is 4.28. The van der Waals surface area contributed by atoms with Gasteiger partial charge in [0.25, 0.3) is 0 Å². The molecule has 0 aromatic heterocycles. The van der Waals surface area contributed by atoms with Gasteiger partial charge in [-0.3, -0.25) is 9.79 Å². The van der Waals surface area contributed by atoms with Crippen LogP contribution < -0.4 is 0 Å². The van der Waals surface area contributed by atoms with E-state index < -0.39 is 0 Å². The second-order valence-corrected chi connectivity index (χ2v) is 9.00.